The molecule has 0 saturated heterocycles. The van der Waals surface area contributed by atoms with Gasteiger partial charge >= 0.3 is 0 Å². The largest absolute Gasteiger partial charge is 0.354 e. The normalized spacial score (nSPS) is 11.8. The smallest absolute Gasteiger partial charge is 0.242 e. The number of halogens is 3. The minimum atomic E-state index is -0.577. The number of carbonyl (C=O) groups is 2. The van der Waals surface area contributed by atoms with E-state index in [-0.39, 0.29) is 24.1 Å². The van der Waals surface area contributed by atoms with E-state index in [9.17, 15) is 9.59 Å². The molecule has 2 aromatic carbocycles. The lowest BCUT2D eigenvalue weighted by Gasteiger charge is -2.31. The van der Waals surface area contributed by atoms with Crippen LogP contribution in [0.2, 0.25) is 15.1 Å². The zero-order valence-corrected chi connectivity index (χ0v) is 21.5. The summed E-state index contributed by atoms with van der Waals surface area (Å²) < 4.78 is 0. The van der Waals surface area contributed by atoms with Crippen molar-refractivity contribution in [3.05, 3.63) is 68.7 Å². The Morgan fingerprint density at radius 1 is 1.03 bits per heavy atom. The summed E-state index contributed by atoms with van der Waals surface area (Å²) >= 11 is 20.1. The van der Waals surface area contributed by atoms with E-state index in [1.54, 1.807) is 23.1 Å². The highest BCUT2D eigenvalue weighted by molar-refractivity contribution is 7.99. The molecule has 0 fully saturated rings. The van der Waals surface area contributed by atoms with E-state index in [4.69, 9.17) is 34.8 Å². The van der Waals surface area contributed by atoms with Crippen molar-refractivity contribution in [2.24, 2.45) is 0 Å². The number of thioether (sulfide) groups is 1. The van der Waals surface area contributed by atoms with E-state index in [0.29, 0.717) is 33.8 Å². The highest BCUT2D eigenvalue weighted by Gasteiger charge is 2.28. The molecule has 0 radical (unpaired) electrons. The summed E-state index contributed by atoms with van der Waals surface area (Å²) in [6.45, 7) is 4.81. The third kappa shape index (κ3) is 8.18. The van der Waals surface area contributed by atoms with Gasteiger partial charge in [0.05, 0.1) is 5.75 Å². The molecular weight excluding hydrogens is 487 g/mol. The molecule has 2 aromatic rings. The topological polar surface area (TPSA) is 49.4 Å². The van der Waals surface area contributed by atoms with Gasteiger partial charge in [0.15, 0.2) is 0 Å². The quantitative estimate of drug-likeness (QED) is 0.324. The van der Waals surface area contributed by atoms with Gasteiger partial charge < -0.3 is 10.2 Å². The summed E-state index contributed by atoms with van der Waals surface area (Å²) in [5.74, 6) is 0.580. The number of nitrogens with zero attached hydrogens (tertiary/aromatic N) is 1. The average molecular weight is 516 g/mol. The molecule has 4 nitrogen and oxygen atoms in total. The number of nitrogens with one attached hydrogen (secondary N) is 1. The van der Waals surface area contributed by atoms with Crippen LogP contribution in [0, 0.1) is 0 Å². The molecular formula is C24H29Cl3N2O2S. The Labute approximate surface area is 210 Å². The summed E-state index contributed by atoms with van der Waals surface area (Å²) in [6, 6.07) is 12.2. The van der Waals surface area contributed by atoms with Gasteiger partial charge in [-0.1, -0.05) is 79.3 Å². The standard InChI is InChI=1S/C24H29Cl3N2O2S/c1-3-5-12-28-24(31)22(4-2)29(14-17-10-11-19(25)13-21(17)27)23(30)16-32-15-18-8-6-7-9-20(18)26/h6-11,13,22H,3-5,12,14-16H2,1-2H3,(H,28,31)/t22-/m1/s1. The van der Waals surface area contributed by atoms with Gasteiger partial charge in [-0.25, -0.2) is 0 Å². The SMILES string of the molecule is CCCCNC(=O)[C@@H](CC)N(Cc1ccc(Cl)cc1Cl)C(=O)CSCc1ccccc1Cl. The molecule has 0 aliphatic heterocycles. The van der Waals surface area contributed by atoms with E-state index in [1.807, 2.05) is 31.2 Å². The van der Waals surface area contributed by atoms with Gasteiger partial charge in [0.25, 0.3) is 0 Å². The molecule has 1 atom stereocenters. The maximum absolute atomic E-state index is 13.3. The number of hydrogen-bond donors (Lipinski definition) is 1. The van der Waals surface area contributed by atoms with E-state index in [0.717, 1.165) is 24.0 Å². The van der Waals surface area contributed by atoms with Crippen LogP contribution in [0.5, 0.6) is 0 Å². The van der Waals surface area contributed by atoms with Crippen LogP contribution < -0.4 is 5.32 Å². The number of unbranched alkanes of at least 4 members (excludes halogenated alkanes) is 1. The zero-order valence-electron chi connectivity index (χ0n) is 18.4. The average Bonchev–Trinajstić information content (AvgIpc) is 2.76. The van der Waals surface area contributed by atoms with Crippen molar-refractivity contribution in [2.75, 3.05) is 12.3 Å². The van der Waals surface area contributed by atoms with E-state index >= 15 is 0 Å². The second-order valence-corrected chi connectivity index (χ2v) is 9.65. The molecule has 1 N–H and O–H groups in total. The van der Waals surface area contributed by atoms with Gasteiger partial charge in [0.2, 0.25) is 11.8 Å². The molecule has 0 bridgehead atoms. The van der Waals surface area contributed by atoms with Gasteiger partial charge in [-0.3, -0.25) is 9.59 Å². The first-order chi connectivity index (χ1) is 15.4. The third-order valence-electron chi connectivity index (χ3n) is 5.01. The van der Waals surface area contributed by atoms with Crippen LogP contribution in [0.25, 0.3) is 0 Å². The van der Waals surface area contributed by atoms with Gasteiger partial charge in [0.1, 0.15) is 6.04 Å². The van der Waals surface area contributed by atoms with Crippen LogP contribution in [0.15, 0.2) is 42.5 Å². The molecule has 2 amide bonds. The van der Waals surface area contributed by atoms with Crippen LogP contribution >= 0.6 is 46.6 Å². The number of carbonyl (C=O) groups excluding carboxylic acids is 2. The predicted octanol–water partition coefficient (Wildman–Crippen LogP) is 6.60. The van der Waals surface area contributed by atoms with E-state index < -0.39 is 6.04 Å². The van der Waals surface area contributed by atoms with Crippen molar-refractivity contribution < 1.29 is 9.59 Å². The number of benzene rings is 2. The van der Waals surface area contributed by atoms with Crippen LogP contribution in [0.3, 0.4) is 0 Å². The maximum Gasteiger partial charge on any atom is 0.242 e. The van der Waals surface area contributed by atoms with Crippen molar-refractivity contribution in [3.8, 4) is 0 Å². The number of hydrogen-bond acceptors (Lipinski definition) is 3. The predicted molar refractivity (Wildman–Crippen MR) is 137 cm³/mol. The lowest BCUT2D eigenvalue weighted by Crippen LogP contribution is -2.49. The molecule has 0 aromatic heterocycles. The van der Waals surface area contributed by atoms with Crippen molar-refractivity contribution in [3.63, 3.8) is 0 Å². The fourth-order valence-corrected chi connectivity index (χ4v) is 4.87. The third-order valence-corrected chi connectivity index (χ3v) is 6.93. The Balaban J connectivity index is 2.16. The van der Waals surface area contributed by atoms with E-state index in [2.05, 4.69) is 12.2 Å². The molecule has 0 aliphatic rings. The van der Waals surface area contributed by atoms with Crippen molar-refractivity contribution >= 4 is 58.4 Å². The van der Waals surface area contributed by atoms with Gasteiger partial charge in [-0.15, -0.1) is 11.8 Å². The summed E-state index contributed by atoms with van der Waals surface area (Å²) in [5.41, 5.74) is 1.73. The monoisotopic (exact) mass is 514 g/mol. The molecule has 0 heterocycles. The Hall–Kier alpha value is -1.40. The summed E-state index contributed by atoms with van der Waals surface area (Å²) in [4.78, 5) is 27.8. The minimum absolute atomic E-state index is 0.120. The molecule has 0 saturated carbocycles. The van der Waals surface area contributed by atoms with E-state index in [1.165, 1.54) is 11.8 Å². The van der Waals surface area contributed by atoms with Gasteiger partial charge in [0, 0.05) is 33.9 Å². The highest BCUT2D eigenvalue weighted by Crippen LogP contribution is 2.25. The molecule has 2 rings (SSSR count). The van der Waals surface area contributed by atoms with Crippen LogP contribution in [0.1, 0.15) is 44.2 Å². The Kier molecular flexibility index (Phi) is 11.7. The summed E-state index contributed by atoms with van der Waals surface area (Å²) in [7, 11) is 0. The molecule has 0 unspecified atom stereocenters. The van der Waals surface area contributed by atoms with Gasteiger partial charge in [-0.2, -0.15) is 0 Å². The van der Waals surface area contributed by atoms with Gasteiger partial charge in [-0.05, 0) is 42.2 Å². The fourth-order valence-electron chi connectivity index (χ4n) is 3.21. The fraction of sp³-hybridized carbons (Fsp3) is 0.417. The Morgan fingerprint density at radius 3 is 2.44 bits per heavy atom. The number of rotatable bonds is 12. The molecule has 174 valence electrons. The van der Waals surface area contributed by atoms with Crippen LogP contribution in [0.4, 0.5) is 0 Å². The van der Waals surface area contributed by atoms with Crippen molar-refractivity contribution in [1.82, 2.24) is 10.2 Å². The second kappa shape index (κ2) is 14.0. The molecule has 32 heavy (non-hydrogen) atoms. The number of amides is 2. The Morgan fingerprint density at radius 2 is 1.78 bits per heavy atom. The summed E-state index contributed by atoms with van der Waals surface area (Å²) in [6.07, 6.45) is 2.38. The Bertz CT molecular complexity index is 911. The first-order valence-electron chi connectivity index (χ1n) is 10.7. The summed E-state index contributed by atoms with van der Waals surface area (Å²) in [5, 5.41) is 4.63. The highest BCUT2D eigenvalue weighted by atomic mass is 35.5. The molecule has 8 heteroatoms. The zero-order chi connectivity index (χ0) is 23.5. The lowest BCUT2D eigenvalue weighted by molar-refractivity contribution is -0.139. The molecule has 0 spiro atoms. The van der Waals surface area contributed by atoms with Crippen LogP contribution in [-0.4, -0.2) is 35.1 Å². The lowest BCUT2D eigenvalue weighted by atomic mass is 10.1. The van der Waals surface area contributed by atoms with Crippen LogP contribution in [-0.2, 0) is 21.9 Å². The minimum Gasteiger partial charge on any atom is -0.354 e. The second-order valence-electron chi connectivity index (χ2n) is 7.41. The molecule has 0 aliphatic carbocycles. The van der Waals surface area contributed by atoms with Crippen molar-refractivity contribution in [1.29, 1.82) is 0 Å². The van der Waals surface area contributed by atoms with Crippen molar-refractivity contribution in [2.45, 2.75) is 51.4 Å². The first kappa shape index (κ1) is 26.8. The first-order valence-corrected chi connectivity index (χ1v) is 13.0. The maximum atomic E-state index is 13.3.